The minimum absolute atomic E-state index is 0.0867. The van der Waals surface area contributed by atoms with Gasteiger partial charge < -0.3 is 10.1 Å². The molecular formula is C26H26N4O4S. The molecule has 0 spiro atoms. The van der Waals surface area contributed by atoms with Crippen LogP contribution in [0.1, 0.15) is 15.9 Å². The molecule has 0 bridgehead atoms. The first-order valence-electron chi connectivity index (χ1n) is 10.8. The molecule has 4 rings (SSSR count). The summed E-state index contributed by atoms with van der Waals surface area (Å²) in [6, 6.07) is 21.3. The van der Waals surface area contributed by atoms with Gasteiger partial charge in [-0.3, -0.25) is 4.79 Å². The van der Waals surface area contributed by atoms with Crippen molar-refractivity contribution in [3.8, 4) is 22.7 Å². The lowest BCUT2D eigenvalue weighted by Crippen LogP contribution is -2.22. The normalized spacial score (nSPS) is 11.5. The van der Waals surface area contributed by atoms with Gasteiger partial charge in [0, 0.05) is 31.5 Å². The fourth-order valence-corrected chi connectivity index (χ4v) is 4.45. The topological polar surface area (TPSA) is 93.5 Å². The van der Waals surface area contributed by atoms with Crippen LogP contribution in [0.4, 0.5) is 5.69 Å². The molecular weight excluding hydrogens is 464 g/mol. The Balaban J connectivity index is 1.75. The number of nitrogens with zero attached hydrogens (tertiary/aromatic N) is 3. The first kappa shape index (κ1) is 24.2. The lowest BCUT2D eigenvalue weighted by molar-refractivity contribution is 0.102. The highest BCUT2D eigenvalue weighted by molar-refractivity contribution is 7.89. The second-order valence-electron chi connectivity index (χ2n) is 8.17. The summed E-state index contributed by atoms with van der Waals surface area (Å²) in [5.74, 6) is 0.223. The van der Waals surface area contributed by atoms with Crippen LogP contribution >= 0.6 is 0 Å². The number of sulfonamides is 1. The number of hydrogen-bond acceptors (Lipinski definition) is 5. The second kappa shape index (κ2) is 9.73. The Morgan fingerprint density at radius 1 is 1.00 bits per heavy atom. The van der Waals surface area contributed by atoms with Gasteiger partial charge >= 0.3 is 0 Å². The molecule has 8 nitrogen and oxygen atoms in total. The lowest BCUT2D eigenvalue weighted by atomic mass is 10.1. The number of amides is 1. The predicted octanol–water partition coefficient (Wildman–Crippen LogP) is 4.36. The van der Waals surface area contributed by atoms with E-state index < -0.39 is 15.9 Å². The molecule has 1 N–H and O–H groups in total. The third-order valence-electron chi connectivity index (χ3n) is 5.47. The number of aryl methyl sites for hydroxylation is 1. The van der Waals surface area contributed by atoms with Crippen molar-refractivity contribution < 1.29 is 17.9 Å². The van der Waals surface area contributed by atoms with Crippen LogP contribution in [-0.2, 0) is 10.0 Å². The average Bonchev–Trinajstić information content (AvgIpc) is 3.30. The van der Waals surface area contributed by atoms with Crippen LogP contribution in [0.25, 0.3) is 16.9 Å². The smallest absolute Gasteiger partial charge is 0.259 e. The number of nitrogens with one attached hydrogen (secondary N) is 1. The van der Waals surface area contributed by atoms with Gasteiger partial charge in [0.15, 0.2) is 0 Å². The summed E-state index contributed by atoms with van der Waals surface area (Å²) in [5.41, 5.74) is 3.79. The Labute approximate surface area is 204 Å². The average molecular weight is 491 g/mol. The summed E-state index contributed by atoms with van der Waals surface area (Å²) in [6.07, 6.45) is 1.66. The van der Waals surface area contributed by atoms with Gasteiger partial charge in [-0.05, 0) is 49.4 Å². The molecule has 0 aliphatic carbocycles. The van der Waals surface area contributed by atoms with Gasteiger partial charge in [0.1, 0.15) is 11.4 Å². The maximum atomic E-state index is 13.4. The fraction of sp³-hybridized carbons (Fsp3) is 0.154. The third kappa shape index (κ3) is 5.11. The Morgan fingerprint density at radius 2 is 1.71 bits per heavy atom. The number of anilines is 1. The summed E-state index contributed by atoms with van der Waals surface area (Å²) < 4.78 is 33.1. The van der Waals surface area contributed by atoms with E-state index in [2.05, 4.69) is 5.32 Å². The zero-order valence-corrected chi connectivity index (χ0v) is 20.7. The quantitative estimate of drug-likeness (QED) is 0.416. The minimum Gasteiger partial charge on any atom is -0.497 e. The van der Waals surface area contributed by atoms with Crippen molar-refractivity contribution in [1.29, 1.82) is 0 Å². The van der Waals surface area contributed by atoms with Gasteiger partial charge in [0.05, 0.1) is 23.3 Å². The van der Waals surface area contributed by atoms with Crippen molar-refractivity contribution in [2.75, 3.05) is 26.5 Å². The Hall–Kier alpha value is -3.95. The number of ether oxygens (including phenoxy) is 1. The number of aromatic nitrogens is 2. The molecule has 35 heavy (non-hydrogen) atoms. The van der Waals surface area contributed by atoms with Gasteiger partial charge in [-0.1, -0.05) is 35.9 Å². The molecule has 0 saturated heterocycles. The Morgan fingerprint density at radius 3 is 2.40 bits per heavy atom. The zero-order chi connectivity index (χ0) is 25.2. The molecule has 1 amide bonds. The summed E-state index contributed by atoms with van der Waals surface area (Å²) in [6.45, 7) is 2.00. The summed E-state index contributed by atoms with van der Waals surface area (Å²) >= 11 is 0. The third-order valence-corrected chi connectivity index (χ3v) is 7.28. The van der Waals surface area contributed by atoms with E-state index in [0.29, 0.717) is 28.3 Å². The van der Waals surface area contributed by atoms with Crippen LogP contribution in [0.15, 0.2) is 83.9 Å². The fourth-order valence-electron chi connectivity index (χ4n) is 3.50. The summed E-state index contributed by atoms with van der Waals surface area (Å²) in [4.78, 5) is 13.5. The van der Waals surface area contributed by atoms with E-state index in [1.807, 2.05) is 55.5 Å². The van der Waals surface area contributed by atoms with Crippen LogP contribution in [0.3, 0.4) is 0 Å². The van der Waals surface area contributed by atoms with E-state index in [-0.39, 0.29) is 4.90 Å². The predicted molar refractivity (Wildman–Crippen MR) is 136 cm³/mol. The molecule has 0 saturated carbocycles. The van der Waals surface area contributed by atoms with Crippen LogP contribution in [-0.4, -0.2) is 49.6 Å². The SMILES string of the molecule is COc1cccc(-c2nn(-c3ccc(C)cc3)cc2C(=O)Nc2cccc(S(=O)(=O)N(C)C)c2)c1. The van der Waals surface area contributed by atoms with E-state index in [4.69, 9.17) is 9.84 Å². The summed E-state index contributed by atoms with van der Waals surface area (Å²) in [7, 11) is 0.851. The highest BCUT2D eigenvalue weighted by Crippen LogP contribution is 2.28. The van der Waals surface area contributed by atoms with E-state index >= 15 is 0 Å². The number of rotatable bonds is 7. The van der Waals surface area contributed by atoms with Gasteiger partial charge in [-0.15, -0.1) is 0 Å². The molecule has 3 aromatic carbocycles. The van der Waals surface area contributed by atoms with E-state index in [1.165, 1.54) is 26.2 Å². The van der Waals surface area contributed by atoms with Crippen molar-refractivity contribution >= 4 is 21.6 Å². The molecule has 0 aliphatic heterocycles. The van der Waals surface area contributed by atoms with Crippen molar-refractivity contribution in [3.63, 3.8) is 0 Å². The Kier molecular flexibility index (Phi) is 6.72. The molecule has 1 aromatic heterocycles. The molecule has 180 valence electrons. The van der Waals surface area contributed by atoms with E-state index in [1.54, 1.807) is 30.1 Å². The minimum atomic E-state index is -3.64. The molecule has 9 heteroatoms. The highest BCUT2D eigenvalue weighted by atomic mass is 32.2. The largest absolute Gasteiger partial charge is 0.497 e. The first-order chi connectivity index (χ1) is 16.7. The number of benzene rings is 3. The van der Waals surface area contributed by atoms with Crippen LogP contribution in [0, 0.1) is 6.92 Å². The van der Waals surface area contributed by atoms with Gasteiger partial charge in [0.2, 0.25) is 10.0 Å². The monoisotopic (exact) mass is 490 g/mol. The number of hydrogen-bond donors (Lipinski definition) is 1. The molecule has 0 radical (unpaired) electrons. The molecule has 1 heterocycles. The summed E-state index contributed by atoms with van der Waals surface area (Å²) in [5, 5.41) is 7.51. The Bertz CT molecular complexity index is 1480. The molecule has 0 fully saturated rings. The van der Waals surface area contributed by atoms with Crippen LogP contribution < -0.4 is 10.1 Å². The first-order valence-corrected chi connectivity index (χ1v) is 12.3. The van der Waals surface area contributed by atoms with E-state index in [9.17, 15) is 13.2 Å². The van der Waals surface area contributed by atoms with Crippen molar-refractivity contribution in [2.24, 2.45) is 0 Å². The maximum absolute atomic E-state index is 13.4. The van der Waals surface area contributed by atoms with Crippen LogP contribution in [0.2, 0.25) is 0 Å². The van der Waals surface area contributed by atoms with Crippen molar-refractivity contribution in [3.05, 3.63) is 90.1 Å². The number of carbonyl (C=O) groups excluding carboxylic acids is 1. The standard InChI is InChI=1S/C26H26N4O4S/c1-18-11-13-21(14-12-18)30-17-24(25(28-30)19-7-5-9-22(15-19)34-4)26(31)27-20-8-6-10-23(16-20)35(32,33)29(2)3/h5-17H,1-4H3,(H,27,31). The van der Waals surface area contributed by atoms with E-state index in [0.717, 1.165) is 15.6 Å². The number of methoxy groups -OCH3 is 1. The molecule has 0 unspecified atom stereocenters. The number of carbonyl (C=O) groups is 1. The second-order valence-corrected chi connectivity index (χ2v) is 10.3. The van der Waals surface area contributed by atoms with Gasteiger partial charge in [-0.2, -0.15) is 5.10 Å². The van der Waals surface area contributed by atoms with Crippen molar-refractivity contribution in [1.82, 2.24) is 14.1 Å². The van der Waals surface area contributed by atoms with Crippen LogP contribution in [0.5, 0.6) is 5.75 Å². The van der Waals surface area contributed by atoms with Gasteiger partial charge in [-0.25, -0.2) is 17.4 Å². The molecule has 0 aliphatic rings. The lowest BCUT2D eigenvalue weighted by Gasteiger charge is -2.12. The highest BCUT2D eigenvalue weighted by Gasteiger charge is 2.21. The van der Waals surface area contributed by atoms with Gasteiger partial charge in [0.25, 0.3) is 5.91 Å². The maximum Gasteiger partial charge on any atom is 0.259 e. The molecule has 0 atom stereocenters. The van der Waals surface area contributed by atoms with Crippen molar-refractivity contribution in [2.45, 2.75) is 11.8 Å². The zero-order valence-electron chi connectivity index (χ0n) is 19.9. The molecule has 4 aromatic rings.